The zero-order valence-corrected chi connectivity index (χ0v) is 12.5. The van der Waals surface area contributed by atoms with Crippen molar-refractivity contribution in [2.75, 3.05) is 13.6 Å². The first-order chi connectivity index (χ1) is 8.06. The van der Waals surface area contributed by atoms with Crippen molar-refractivity contribution in [1.29, 1.82) is 0 Å². The van der Waals surface area contributed by atoms with Crippen LogP contribution in [0.5, 0.6) is 0 Å². The average molecular weight is 317 g/mol. The van der Waals surface area contributed by atoms with Crippen molar-refractivity contribution in [3.8, 4) is 0 Å². The Kier molecular flexibility index (Phi) is 4.22. The lowest BCUT2D eigenvalue weighted by atomic mass is 10.1. The van der Waals surface area contributed by atoms with Crippen molar-refractivity contribution in [3.05, 3.63) is 20.3 Å². The number of carbonyl (C=O) groups is 1. The second kappa shape index (κ2) is 5.50. The van der Waals surface area contributed by atoms with Gasteiger partial charge in [0.1, 0.15) is 0 Å². The Balaban J connectivity index is 1.84. The first-order valence-corrected chi connectivity index (χ1v) is 7.39. The van der Waals surface area contributed by atoms with E-state index in [2.05, 4.69) is 34.2 Å². The molecule has 1 saturated heterocycles. The number of halogens is 1. The maximum atomic E-state index is 11.4. The van der Waals surface area contributed by atoms with Crippen LogP contribution in [0.1, 0.15) is 22.6 Å². The van der Waals surface area contributed by atoms with Crippen molar-refractivity contribution < 1.29 is 4.79 Å². The molecule has 5 heteroatoms. The summed E-state index contributed by atoms with van der Waals surface area (Å²) in [6.45, 7) is 3.83. The predicted molar refractivity (Wildman–Crippen MR) is 74.3 cm³/mol. The van der Waals surface area contributed by atoms with Gasteiger partial charge in [-0.2, -0.15) is 0 Å². The first kappa shape index (κ1) is 13.1. The highest BCUT2D eigenvalue weighted by Crippen LogP contribution is 2.26. The minimum absolute atomic E-state index is 0.262. The van der Waals surface area contributed by atoms with Gasteiger partial charge in [0.25, 0.3) is 0 Å². The maximum absolute atomic E-state index is 11.4. The van der Waals surface area contributed by atoms with Crippen LogP contribution in [0.4, 0.5) is 0 Å². The molecule has 2 rings (SSSR count). The van der Waals surface area contributed by atoms with Crippen LogP contribution >= 0.6 is 27.3 Å². The molecule has 3 nitrogen and oxygen atoms in total. The number of piperidine rings is 1. The summed E-state index contributed by atoms with van der Waals surface area (Å²) in [5.74, 6) is 0.262. The minimum atomic E-state index is 0.262. The highest BCUT2D eigenvalue weighted by molar-refractivity contribution is 9.10. The molecule has 0 bridgehead atoms. The van der Waals surface area contributed by atoms with E-state index >= 15 is 0 Å². The minimum Gasteiger partial charge on any atom is -0.344 e. The van der Waals surface area contributed by atoms with Gasteiger partial charge in [0.15, 0.2) is 0 Å². The van der Waals surface area contributed by atoms with E-state index in [4.69, 9.17) is 0 Å². The van der Waals surface area contributed by atoms with E-state index < -0.39 is 0 Å². The summed E-state index contributed by atoms with van der Waals surface area (Å²) in [6, 6.07) is 2.60. The Hall–Kier alpha value is -0.390. The fraction of sp³-hybridized carbons (Fsp3) is 0.583. The number of nitrogens with one attached hydrogen (secondary N) is 1. The van der Waals surface area contributed by atoms with Gasteiger partial charge in [-0.1, -0.05) is 0 Å². The Morgan fingerprint density at radius 3 is 3.00 bits per heavy atom. The molecule has 0 aliphatic carbocycles. The molecule has 1 amide bonds. The van der Waals surface area contributed by atoms with Gasteiger partial charge >= 0.3 is 0 Å². The molecule has 1 aliphatic heterocycles. The monoisotopic (exact) mass is 316 g/mol. The molecule has 1 aromatic heterocycles. The molecular weight excluding hydrogens is 300 g/mol. The number of rotatable bonds is 3. The lowest BCUT2D eigenvalue weighted by Crippen LogP contribution is -2.46. The zero-order chi connectivity index (χ0) is 12.4. The highest BCUT2D eigenvalue weighted by atomic mass is 79.9. The third-order valence-electron chi connectivity index (χ3n) is 3.10. The number of carbonyl (C=O) groups excluding carboxylic acids is 1. The van der Waals surface area contributed by atoms with E-state index in [1.807, 2.05) is 23.3 Å². The molecule has 2 heterocycles. The molecule has 1 N–H and O–H groups in total. The van der Waals surface area contributed by atoms with Crippen molar-refractivity contribution in [3.63, 3.8) is 0 Å². The van der Waals surface area contributed by atoms with E-state index in [0.717, 1.165) is 19.5 Å². The van der Waals surface area contributed by atoms with Gasteiger partial charge in [0.05, 0.1) is 0 Å². The molecule has 0 aromatic carbocycles. The topological polar surface area (TPSA) is 32.3 Å². The third-order valence-corrected chi connectivity index (χ3v) is 5.24. The second-order valence-electron chi connectivity index (χ2n) is 4.51. The fourth-order valence-electron chi connectivity index (χ4n) is 2.03. The van der Waals surface area contributed by atoms with E-state index in [0.29, 0.717) is 12.5 Å². The highest BCUT2D eigenvalue weighted by Gasteiger charge is 2.22. The van der Waals surface area contributed by atoms with Gasteiger partial charge in [-0.3, -0.25) is 4.79 Å². The molecule has 0 spiro atoms. The number of hydrogen-bond acceptors (Lipinski definition) is 3. The third kappa shape index (κ3) is 3.30. The molecule has 0 radical (unpaired) electrons. The number of hydrogen-bond donors (Lipinski definition) is 1. The van der Waals surface area contributed by atoms with E-state index in [-0.39, 0.29) is 5.91 Å². The Bertz CT molecular complexity index is 399. The lowest BCUT2D eigenvalue weighted by molar-refractivity contribution is -0.132. The van der Waals surface area contributed by atoms with Crippen LogP contribution in [-0.2, 0) is 11.3 Å². The number of thiophene rings is 1. The van der Waals surface area contributed by atoms with Crippen LogP contribution in [-0.4, -0.2) is 30.4 Å². The molecule has 17 heavy (non-hydrogen) atoms. The van der Waals surface area contributed by atoms with Crippen molar-refractivity contribution in [2.24, 2.45) is 0 Å². The summed E-state index contributed by atoms with van der Waals surface area (Å²) in [6.07, 6.45) is 1.62. The standard InChI is InChI=1S/C12H17BrN2OS/c1-8-11(13)5-10(17-8)6-14-9-3-4-12(16)15(2)7-9/h5,9,14H,3-4,6-7H2,1-2H3. The van der Waals surface area contributed by atoms with Gasteiger partial charge < -0.3 is 10.2 Å². The van der Waals surface area contributed by atoms with Crippen LogP contribution in [0.2, 0.25) is 0 Å². The predicted octanol–water partition coefficient (Wildman–Crippen LogP) is 2.53. The van der Waals surface area contributed by atoms with Gasteiger partial charge in [-0.05, 0) is 35.3 Å². The Morgan fingerprint density at radius 1 is 1.65 bits per heavy atom. The van der Waals surface area contributed by atoms with Crippen LogP contribution in [0.25, 0.3) is 0 Å². The lowest BCUT2D eigenvalue weighted by Gasteiger charge is -2.30. The fourth-order valence-corrected chi connectivity index (χ4v) is 3.58. The zero-order valence-electron chi connectivity index (χ0n) is 10.1. The summed E-state index contributed by atoms with van der Waals surface area (Å²) in [5.41, 5.74) is 0. The summed E-state index contributed by atoms with van der Waals surface area (Å²) in [5, 5.41) is 3.53. The largest absolute Gasteiger partial charge is 0.344 e. The van der Waals surface area contributed by atoms with Crippen LogP contribution in [0.15, 0.2) is 10.5 Å². The number of amides is 1. The smallest absolute Gasteiger partial charge is 0.222 e. The molecule has 1 unspecified atom stereocenters. The van der Waals surface area contributed by atoms with E-state index in [9.17, 15) is 4.79 Å². The normalized spacial score (nSPS) is 21.0. The summed E-state index contributed by atoms with van der Waals surface area (Å²) >= 11 is 5.34. The number of aryl methyl sites for hydroxylation is 1. The summed E-state index contributed by atoms with van der Waals surface area (Å²) in [4.78, 5) is 15.8. The van der Waals surface area contributed by atoms with Gasteiger partial charge in [-0.25, -0.2) is 0 Å². The van der Waals surface area contributed by atoms with Crippen LogP contribution in [0, 0.1) is 6.92 Å². The molecule has 1 atom stereocenters. The van der Waals surface area contributed by atoms with Crippen molar-refractivity contribution in [2.45, 2.75) is 32.4 Å². The first-order valence-electron chi connectivity index (χ1n) is 5.78. The van der Waals surface area contributed by atoms with Crippen LogP contribution in [0.3, 0.4) is 0 Å². The van der Waals surface area contributed by atoms with Gasteiger partial charge in [0.2, 0.25) is 5.91 Å². The van der Waals surface area contributed by atoms with Crippen molar-refractivity contribution >= 4 is 33.2 Å². The molecular formula is C12H17BrN2OS. The van der Waals surface area contributed by atoms with E-state index in [1.54, 1.807) is 0 Å². The molecule has 1 aliphatic rings. The SMILES string of the molecule is Cc1sc(CNC2CCC(=O)N(C)C2)cc1Br. The average Bonchev–Trinajstić information content (AvgIpc) is 2.60. The molecule has 0 saturated carbocycles. The summed E-state index contributed by atoms with van der Waals surface area (Å²) < 4.78 is 1.19. The summed E-state index contributed by atoms with van der Waals surface area (Å²) in [7, 11) is 1.88. The maximum Gasteiger partial charge on any atom is 0.222 e. The Morgan fingerprint density at radius 2 is 2.41 bits per heavy atom. The van der Waals surface area contributed by atoms with E-state index in [1.165, 1.54) is 14.2 Å². The molecule has 94 valence electrons. The Labute approximate surface area is 114 Å². The van der Waals surface area contributed by atoms with Gasteiger partial charge in [-0.15, -0.1) is 11.3 Å². The molecule has 1 fully saturated rings. The quantitative estimate of drug-likeness (QED) is 0.929. The van der Waals surface area contributed by atoms with Gasteiger partial charge in [0, 0.05) is 46.8 Å². The number of likely N-dealkylation sites (tertiary alicyclic amines) is 1. The number of likely N-dealkylation sites (N-methyl/N-ethyl adjacent to an activating group) is 1. The van der Waals surface area contributed by atoms with Crippen molar-refractivity contribution in [1.82, 2.24) is 10.2 Å². The van der Waals surface area contributed by atoms with Crippen LogP contribution < -0.4 is 5.32 Å². The second-order valence-corrected chi connectivity index (χ2v) is 6.70. The number of nitrogens with zero attached hydrogens (tertiary/aromatic N) is 1. The molecule has 1 aromatic rings.